The highest BCUT2D eigenvalue weighted by atomic mass is 127. The minimum absolute atomic E-state index is 0.510. The van der Waals surface area contributed by atoms with E-state index in [1.54, 1.807) is 10.7 Å². The summed E-state index contributed by atoms with van der Waals surface area (Å²) in [4.78, 5) is 18.6. The van der Waals surface area contributed by atoms with Crippen LogP contribution >= 0.6 is 22.6 Å². The third kappa shape index (κ3) is 2.31. The predicted octanol–water partition coefficient (Wildman–Crippen LogP) is 1.13. The van der Waals surface area contributed by atoms with Gasteiger partial charge in [0.15, 0.2) is 5.65 Å². The van der Waals surface area contributed by atoms with E-state index in [0.717, 1.165) is 15.2 Å². The van der Waals surface area contributed by atoms with Gasteiger partial charge in [-0.3, -0.25) is 0 Å². The van der Waals surface area contributed by atoms with Gasteiger partial charge in [-0.2, -0.15) is 0 Å². The number of hydrogen-bond donors (Lipinski definition) is 1. The second-order valence-electron chi connectivity index (χ2n) is 4.30. The Morgan fingerprint density at radius 2 is 2.00 bits per heavy atom. The van der Waals surface area contributed by atoms with E-state index in [2.05, 4.69) is 37.6 Å². The average molecular weight is 373 g/mol. The summed E-state index contributed by atoms with van der Waals surface area (Å²) in [7, 11) is 0. The molecule has 1 aliphatic heterocycles. The van der Waals surface area contributed by atoms with E-state index in [-0.39, 0.29) is 0 Å². The predicted molar refractivity (Wildman–Crippen MR) is 77.5 cm³/mol. The lowest BCUT2D eigenvalue weighted by Gasteiger charge is -2.33. The third-order valence-corrected chi connectivity index (χ3v) is 3.92. The lowest BCUT2D eigenvalue weighted by Crippen LogP contribution is -2.48. The van der Waals surface area contributed by atoms with Crippen molar-refractivity contribution in [1.82, 2.24) is 19.5 Å². The molecule has 3 heterocycles. The summed E-state index contributed by atoms with van der Waals surface area (Å²) in [5.74, 6) is 0.855. The van der Waals surface area contributed by atoms with Gasteiger partial charge >= 0.3 is 6.09 Å². The summed E-state index contributed by atoms with van der Waals surface area (Å²) in [6.07, 6.45) is 0.918. The maximum Gasteiger partial charge on any atom is 0.407 e. The van der Waals surface area contributed by atoms with Crippen LogP contribution in [0.3, 0.4) is 0 Å². The van der Waals surface area contributed by atoms with E-state index in [1.807, 2.05) is 12.1 Å². The van der Waals surface area contributed by atoms with Crippen LogP contribution in [-0.2, 0) is 0 Å². The molecule has 0 aromatic carbocycles. The monoisotopic (exact) mass is 373 g/mol. The Labute approximate surface area is 123 Å². The third-order valence-electron chi connectivity index (χ3n) is 3.18. The molecule has 1 aliphatic rings. The fraction of sp³-hybridized carbons (Fsp3) is 0.364. The van der Waals surface area contributed by atoms with E-state index in [0.29, 0.717) is 26.2 Å². The Morgan fingerprint density at radius 3 is 2.68 bits per heavy atom. The number of fused-ring (bicyclic) bond motifs is 1. The molecule has 0 aliphatic carbocycles. The van der Waals surface area contributed by atoms with Crippen molar-refractivity contribution in [2.45, 2.75) is 0 Å². The number of aromatic nitrogens is 3. The average Bonchev–Trinajstić information content (AvgIpc) is 2.80. The molecule has 0 bridgehead atoms. The van der Waals surface area contributed by atoms with Gasteiger partial charge in [-0.15, -0.1) is 5.10 Å². The Morgan fingerprint density at radius 1 is 1.26 bits per heavy atom. The summed E-state index contributed by atoms with van der Waals surface area (Å²) < 4.78 is 2.75. The SMILES string of the molecule is O=C(O)N1CCN(c2ccc3ncc(I)n3n2)CC1. The van der Waals surface area contributed by atoms with Crippen molar-refractivity contribution in [2.75, 3.05) is 31.1 Å². The van der Waals surface area contributed by atoms with Gasteiger partial charge in [0.05, 0.1) is 6.20 Å². The van der Waals surface area contributed by atoms with Gasteiger partial charge < -0.3 is 14.9 Å². The molecule has 7 nitrogen and oxygen atoms in total. The first-order chi connectivity index (χ1) is 9.15. The smallest absolute Gasteiger partial charge is 0.407 e. The Hall–Kier alpha value is -1.58. The van der Waals surface area contributed by atoms with Crippen LogP contribution in [0.4, 0.5) is 10.6 Å². The number of carbonyl (C=O) groups is 1. The molecule has 0 radical (unpaired) electrons. The zero-order chi connectivity index (χ0) is 13.4. The number of amides is 1. The highest BCUT2D eigenvalue weighted by Gasteiger charge is 2.21. The zero-order valence-electron chi connectivity index (χ0n) is 10.0. The summed E-state index contributed by atoms with van der Waals surface area (Å²) in [6, 6.07) is 3.85. The number of halogens is 1. The molecule has 2 aromatic rings. The standard InChI is InChI=1S/C11H12IN5O2/c12-8-7-13-9-1-2-10(14-17(8)9)15-3-5-16(6-4-15)11(18)19/h1-2,7H,3-6H2,(H,18,19). The number of piperazine rings is 1. The van der Waals surface area contributed by atoms with Gasteiger partial charge in [0, 0.05) is 26.2 Å². The topological polar surface area (TPSA) is 74.0 Å². The van der Waals surface area contributed by atoms with Crippen molar-refractivity contribution in [3.63, 3.8) is 0 Å². The van der Waals surface area contributed by atoms with Crippen LogP contribution in [-0.4, -0.2) is 56.9 Å². The molecule has 1 N–H and O–H groups in total. The minimum Gasteiger partial charge on any atom is -0.465 e. The first kappa shape index (κ1) is 12.5. The van der Waals surface area contributed by atoms with Gasteiger partial charge in [0.2, 0.25) is 0 Å². The van der Waals surface area contributed by atoms with E-state index in [9.17, 15) is 4.79 Å². The summed E-state index contributed by atoms with van der Waals surface area (Å²) in [5.41, 5.74) is 0.817. The van der Waals surface area contributed by atoms with Crippen molar-refractivity contribution in [3.05, 3.63) is 22.0 Å². The van der Waals surface area contributed by atoms with E-state index in [4.69, 9.17) is 5.11 Å². The number of nitrogens with zero attached hydrogens (tertiary/aromatic N) is 5. The second kappa shape index (κ2) is 4.83. The summed E-state index contributed by atoms with van der Waals surface area (Å²) in [6.45, 7) is 2.35. The van der Waals surface area contributed by atoms with Gasteiger partial charge in [-0.1, -0.05) is 0 Å². The fourth-order valence-corrected chi connectivity index (χ4v) is 2.63. The molecule has 0 unspecified atom stereocenters. The van der Waals surface area contributed by atoms with Crippen LogP contribution in [0, 0.1) is 3.70 Å². The summed E-state index contributed by atoms with van der Waals surface area (Å²) >= 11 is 2.19. The van der Waals surface area contributed by atoms with E-state index >= 15 is 0 Å². The molecular weight excluding hydrogens is 361 g/mol. The van der Waals surface area contributed by atoms with Crippen molar-refractivity contribution in [2.24, 2.45) is 0 Å². The van der Waals surface area contributed by atoms with Gasteiger partial charge in [0.25, 0.3) is 0 Å². The molecule has 3 rings (SSSR count). The van der Waals surface area contributed by atoms with Crippen LogP contribution < -0.4 is 4.90 Å². The Bertz CT molecular complexity index is 621. The van der Waals surface area contributed by atoms with Crippen LogP contribution in [0.5, 0.6) is 0 Å². The van der Waals surface area contributed by atoms with Crippen LogP contribution in [0.15, 0.2) is 18.3 Å². The number of carboxylic acid groups (broad SMARTS) is 1. The Kier molecular flexibility index (Phi) is 3.17. The van der Waals surface area contributed by atoms with Crippen molar-refractivity contribution in [1.29, 1.82) is 0 Å². The fourth-order valence-electron chi connectivity index (χ4n) is 2.13. The molecule has 100 valence electrons. The lowest BCUT2D eigenvalue weighted by molar-refractivity contribution is 0.142. The normalized spacial score (nSPS) is 16.1. The Balaban J connectivity index is 1.81. The van der Waals surface area contributed by atoms with E-state index < -0.39 is 6.09 Å². The number of imidazole rings is 1. The number of anilines is 1. The highest BCUT2D eigenvalue weighted by molar-refractivity contribution is 14.1. The molecule has 0 spiro atoms. The van der Waals surface area contributed by atoms with Crippen LogP contribution in [0.25, 0.3) is 5.65 Å². The van der Waals surface area contributed by atoms with E-state index in [1.165, 1.54) is 4.90 Å². The highest BCUT2D eigenvalue weighted by Crippen LogP contribution is 2.16. The molecule has 2 aromatic heterocycles. The molecule has 0 atom stereocenters. The first-order valence-electron chi connectivity index (χ1n) is 5.88. The van der Waals surface area contributed by atoms with Gasteiger partial charge in [0.1, 0.15) is 9.52 Å². The molecule has 8 heteroatoms. The molecule has 1 amide bonds. The molecule has 0 saturated carbocycles. The zero-order valence-corrected chi connectivity index (χ0v) is 12.2. The molecule has 19 heavy (non-hydrogen) atoms. The maximum atomic E-state index is 10.9. The number of rotatable bonds is 1. The second-order valence-corrected chi connectivity index (χ2v) is 5.40. The lowest BCUT2D eigenvalue weighted by atomic mass is 10.3. The van der Waals surface area contributed by atoms with Crippen molar-refractivity contribution >= 4 is 40.1 Å². The van der Waals surface area contributed by atoms with Gasteiger partial charge in [-0.25, -0.2) is 14.3 Å². The molecular formula is C11H12IN5O2. The van der Waals surface area contributed by atoms with Crippen LogP contribution in [0.2, 0.25) is 0 Å². The first-order valence-corrected chi connectivity index (χ1v) is 6.96. The summed E-state index contributed by atoms with van der Waals surface area (Å²) in [5, 5.41) is 13.5. The van der Waals surface area contributed by atoms with Crippen LogP contribution in [0.1, 0.15) is 0 Å². The molecule has 1 fully saturated rings. The quantitative estimate of drug-likeness (QED) is 0.759. The number of hydrogen-bond acceptors (Lipinski definition) is 4. The van der Waals surface area contributed by atoms with Crippen molar-refractivity contribution in [3.8, 4) is 0 Å². The maximum absolute atomic E-state index is 10.9. The molecule has 1 saturated heterocycles. The largest absolute Gasteiger partial charge is 0.465 e. The van der Waals surface area contributed by atoms with Gasteiger partial charge in [-0.05, 0) is 34.7 Å². The minimum atomic E-state index is -0.854. The van der Waals surface area contributed by atoms with Crippen molar-refractivity contribution < 1.29 is 9.90 Å².